The van der Waals surface area contributed by atoms with E-state index in [0.717, 1.165) is 45.1 Å². The fourth-order valence-electron chi connectivity index (χ4n) is 3.32. The summed E-state index contributed by atoms with van der Waals surface area (Å²) in [6, 6.07) is 0. The van der Waals surface area contributed by atoms with Crippen LogP contribution in [0.2, 0.25) is 0 Å². The molecule has 116 valence electrons. The number of nitrogens with two attached hydrogens (primary N) is 2. The molecule has 0 aliphatic carbocycles. The molecule has 0 saturated carbocycles. The van der Waals surface area contributed by atoms with E-state index >= 15 is 0 Å². The lowest BCUT2D eigenvalue weighted by molar-refractivity contribution is -0.145. The molecule has 1 unspecified atom stereocenters. The Hall–Kier alpha value is -1.10. The minimum atomic E-state index is -0.455. The highest BCUT2D eigenvalue weighted by Gasteiger charge is 2.40. The van der Waals surface area contributed by atoms with Gasteiger partial charge in [-0.25, -0.2) is 0 Å². The van der Waals surface area contributed by atoms with Gasteiger partial charge in [0.05, 0.1) is 11.3 Å². The Balaban J connectivity index is 2.85. The summed E-state index contributed by atoms with van der Waals surface area (Å²) in [6.45, 7) is 5.72. The molecular weight excluding hydrogens is 254 g/mol. The van der Waals surface area contributed by atoms with Crippen molar-refractivity contribution in [1.82, 2.24) is 4.90 Å². The van der Waals surface area contributed by atoms with Gasteiger partial charge in [-0.2, -0.15) is 0 Å². The Kier molecular flexibility index (Phi) is 6.46. The van der Waals surface area contributed by atoms with Gasteiger partial charge in [-0.05, 0) is 25.7 Å². The van der Waals surface area contributed by atoms with Crippen LogP contribution in [0.3, 0.4) is 0 Å². The number of rotatable bonds is 7. The van der Waals surface area contributed by atoms with Crippen molar-refractivity contribution in [1.29, 1.82) is 0 Å². The number of piperidine rings is 1. The first-order valence-electron chi connectivity index (χ1n) is 7.79. The van der Waals surface area contributed by atoms with Crippen molar-refractivity contribution in [3.63, 3.8) is 0 Å². The quantitative estimate of drug-likeness (QED) is 0.737. The van der Waals surface area contributed by atoms with Gasteiger partial charge in [0.25, 0.3) is 0 Å². The number of carbonyl (C=O) groups excluding carboxylic acids is 2. The molecule has 0 bridgehead atoms. The molecule has 2 amide bonds. The number of hydrogen-bond donors (Lipinski definition) is 2. The summed E-state index contributed by atoms with van der Waals surface area (Å²) in [5.74, 6) is -0.382. The molecule has 5 nitrogen and oxygen atoms in total. The molecule has 0 aromatic heterocycles. The van der Waals surface area contributed by atoms with E-state index in [2.05, 4.69) is 13.8 Å². The van der Waals surface area contributed by atoms with Gasteiger partial charge in [-0.1, -0.05) is 26.7 Å². The first kappa shape index (κ1) is 17.0. The van der Waals surface area contributed by atoms with Gasteiger partial charge in [0.1, 0.15) is 0 Å². The van der Waals surface area contributed by atoms with Gasteiger partial charge in [-0.15, -0.1) is 0 Å². The standard InChI is InChI=1S/C15H29N3O2/c1-3-7-15(11-16,8-4-2)14(20)18-9-5-6-12(10-18)13(17)19/h12H,3-11,16H2,1-2H3,(H2,17,19). The van der Waals surface area contributed by atoms with Gasteiger partial charge in [0.15, 0.2) is 0 Å². The van der Waals surface area contributed by atoms with Gasteiger partial charge in [0.2, 0.25) is 11.8 Å². The predicted octanol–water partition coefficient (Wildman–Crippen LogP) is 1.26. The second kappa shape index (κ2) is 7.62. The van der Waals surface area contributed by atoms with Crippen LogP contribution in [0.15, 0.2) is 0 Å². The van der Waals surface area contributed by atoms with Crippen molar-refractivity contribution >= 4 is 11.8 Å². The maximum atomic E-state index is 12.9. The van der Waals surface area contributed by atoms with Crippen LogP contribution in [0.25, 0.3) is 0 Å². The molecule has 0 spiro atoms. The van der Waals surface area contributed by atoms with Crippen LogP contribution in [0.5, 0.6) is 0 Å². The van der Waals surface area contributed by atoms with E-state index in [9.17, 15) is 9.59 Å². The average Bonchev–Trinajstić information content (AvgIpc) is 2.46. The first-order valence-corrected chi connectivity index (χ1v) is 7.79. The first-order chi connectivity index (χ1) is 9.50. The fourth-order valence-corrected chi connectivity index (χ4v) is 3.32. The normalized spacial score (nSPS) is 19.9. The lowest BCUT2D eigenvalue weighted by Gasteiger charge is -2.39. The van der Waals surface area contributed by atoms with E-state index < -0.39 is 5.41 Å². The molecule has 0 aromatic rings. The summed E-state index contributed by atoms with van der Waals surface area (Å²) in [5, 5.41) is 0. The maximum Gasteiger partial charge on any atom is 0.230 e. The van der Waals surface area contributed by atoms with Gasteiger partial charge >= 0.3 is 0 Å². The van der Waals surface area contributed by atoms with E-state index in [4.69, 9.17) is 11.5 Å². The Bertz CT molecular complexity index is 338. The third-order valence-corrected chi connectivity index (χ3v) is 4.41. The number of nitrogens with zero attached hydrogens (tertiary/aromatic N) is 1. The van der Waals surface area contributed by atoms with Gasteiger partial charge in [-0.3, -0.25) is 9.59 Å². The van der Waals surface area contributed by atoms with E-state index in [1.807, 2.05) is 4.90 Å². The zero-order chi connectivity index (χ0) is 15.2. The average molecular weight is 283 g/mol. The Morgan fingerprint density at radius 2 is 1.85 bits per heavy atom. The van der Waals surface area contributed by atoms with Crippen molar-refractivity contribution in [2.24, 2.45) is 22.8 Å². The molecule has 5 heteroatoms. The van der Waals surface area contributed by atoms with E-state index in [0.29, 0.717) is 13.1 Å². The molecule has 4 N–H and O–H groups in total. The van der Waals surface area contributed by atoms with E-state index in [-0.39, 0.29) is 17.7 Å². The summed E-state index contributed by atoms with van der Waals surface area (Å²) in [6.07, 6.45) is 5.14. The number of carbonyl (C=O) groups is 2. The second-order valence-corrected chi connectivity index (χ2v) is 5.98. The maximum absolute atomic E-state index is 12.9. The molecule has 1 heterocycles. The molecule has 1 aliphatic rings. The van der Waals surface area contributed by atoms with Crippen LogP contribution in [-0.4, -0.2) is 36.3 Å². The number of primary amides is 1. The predicted molar refractivity (Wildman–Crippen MR) is 79.8 cm³/mol. The molecule has 1 rings (SSSR count). The minimum absolute atomic E-state index is 0.120. The van der Waals surface area contributed by atoms with Crippen LogP contribution in [0, 0.1) is 11.3 Å². The molecule has 0 radical (unpaired) electrons. The Morgan fingerprint density at radius 3 is 2.30 bits per heavy atom. The smallest absolute Gasteiger partial charge is 0.230 e. The van der Waals surface area contributed by atoms with Gasteiger partial charge < -0.3 is 16.4 Å². The summed E-state index contributed by atoms with van der Waals surface area (Å²) < 4.78 is 0. The van der Waals surface area contributed by atoms with Crippen molar-refractivity contribution in [3.8, 4) is 0 Å². The van der Waals surface area contributed by atoms with Crippen molar-refractivity contribution in [2.45, 2.75) is 52.4 Å². The second-order valence-electron chi connectivity index (χ2n) is 5.98. The van der Waals surface area contributed by atoms with Crippen molar-refractivity contribution in [2.75, 3.05) is 19.6 Å². The summed E-state index contributed by atoms with van der Waals surface area (Å²) in [4.78, 5) is 26.1. The minimum Gasteiger partial charge on any atom is -0.369 e. The summed E-state index contributed by atoms with van der Waals surface area (Å²) >= 11 is 0. The third kappa shape index (κ3) is 3.72. The fraction of sp³-hybridized carbons (Fsp3) is 0.867. The van der Waals surface area contributed by atoms with Crippen LogP contribution >= 0.6 is 0 Å². The summed E-state index contributed by atoms with van der Waals surface area (Å²) in [5.41, 5.74) is 10.9. The monoisotopic (exact) mass is 283 g/mol. The lowest BCUT2D eigenvalue weighted by atomic mass is 9.77. The molecular formula is C15H29N3O2. The van der Waals surface area contributed by atoms with Crippen LogP contribution < -0.4 is 11.5 Å². The highest BCUT2D eigenvalue weighted by molar-refractivity contribution is 5.84. The van der Waals surface area contributed by atoms with Crippen LogP contribution in [-0.2, 0) is 9.59 Å². The number of likely N-dealkylation sites (tertiary alicyclic amines) is 1. The lowest BCUT2D eigenvalue weighted by Crippen LogP contribution is -2.52. The zero-order valence-electron chi connectivity index (χ0n) is 12.9. The molecule has 1 aliphatic heterocycles. The highest BCUT2D eigenvalue weighted by Crippen LogP contribution is 2.33. The highest BCUT2D eigenvalue weighted by atomic mass is 16.2. The molecule has 0 aromatic carbocycles. The largest absolute Gasteiger partial charge is 0.369 e. The molecule has 20 heavy (non-hydrogen) atoms. The third-order valence-electron chi connectivity index (χ3n) is 4.41. The van der Waals surface area contributed by atoms with Crippen LogP contribution in [0.1, 0.15) is 52.4 Å². The van der Waals surface area contributed by atoms with E-state index in [1.165, 1.54) is 0 Å². The van der Waals surface area contributed by atoms with Crippen LogP contribution in [0.4, 0.5) is 0 Å². The van der Waals surface area contributed by atoms with Crippen molar-refractivity contribution in [3.05, 3.63) is 0 Å². The number of hydrogen-bond acceptors (Lipinski definition) is 3. The Labute approximate surface area is 122 Å². The van der Waals surface area contributed by atoms with Crippen molar-refractivity contribution < 1.29 is 9.59 Å². The van der Waals surface area contributed by atoms with E-state index in [1.54, 1.807) is 0 Å². The number of amides is 2. The van der Waals surface area contributed by atoms with Gasteiger partial charge in [0, 0.05) is 19.6 Å². The SMILES string of the molecule is CCCC(CN)(CCC)C(=O)N1CCCC(C(N)=O)C1. The molecule has 1 saturated heterocycles. The Morgan fingerprint density at radius 1 is 1.25 bits per heavy atom. The molecule has 1 atom stereocenters. The zero-order valence-corrected chi connectivity index (χ0v) is 12.9. The molecule has 1 fully saturated rings. The summed E-state index contributed by atoms with van der Waals surface area (Å²) in [7, 11) is 0. The topological polar surface area (TPSA) is 89.4 Å².